The van der Waals surface area contributed by atoms with Crippen LogP contribution in [0.5, 0.6) is 11.5 Å². The summed E-state index contributed by atoms with van der Waals surface area (Å²) in [5.74, 6) is 1.72. The SMILES string of the molecule is CCC(N)Cc1ccc(OC)cc1OCCCN(C)C. The second kappa shape index (κ2) is 8.82. The van der Waals surface area contributed by atoms with Crippen LogP contribution < -0.4 is 15.2 Å². The minimum Gasteiger partial charge on any atom is -0.497 e. The number of hydrogen-bond acceptors (Lipinski definition) is 4. The fourth-order valence-corrected chi connectivity index (χ4v) is 1.95. The van der Waals surface area contributed by atoms with Crippen LogP contribution in [0.1, 0.15) is 25.3 Å². The second-order valence-corrected chi connectivity index (χ2v) is 5.35. The first-order valence-electron chi connectivity index (χ1n) is 7.26. The smallest absolute Gasteiger partial charge is 0.126 e. The number of benzene rings is 1. The van der Waals surface area contributed by atoms with Gasteiger partial charge in [-0.3, -0.25) is 0 Å². The number of hydrogen-bond donors (Lipinski definition) is 1. The van der Waals surface area contributed by atoms with E-state index in [0.29, 0.717) is 6.61 Å². The van der Waals surface area contributed by atoms with Gasteiger partial charge in [-0.25, -0.2) is 0 Å². The third-order valence-electron chi connectivity index (χ3n) is 3.29. The zero-order valence-corrected chi connectivity index (χ0v) is 13.2. The van der Waals surface area contributed by atoms with Crippen LogP contribution in [0.25, 0.3) is 0 Å². The number of methoxy groups -OCH3 is 1. The van der Waals surface area contributed by atoms with Gasteiger partial charge < -0.3 is 20.1 Å². The van der Waals surface area contributed by atoms with E-state index in [4.69, 9.17) is 15.2 Å². The molecule has 0 aliphatic carbocycles. The Morgan fingerprint density at radius 2 is 2.05 bits per heavy atom. The maximum absolute atomic E-state index is 6.05. The van der Waals surface area contributed by atoms with E-state index in [0.717, 1.165) is 42.9 Å². The fraction of sp³-hybridized carbons (Fsp3) is 0.625. The Labute approximate surface area is 122 Å². The lowest BCUT2D eigenvalue weighted by atomic mass is 10.0. The molecule has 2 N–H and O–H groups in total. The molecule has 1 unspecified atom stereocenters. The van der Waals surface area contributed by atoms with Crippen molar-refractivity contribution in [1.29, 1.82) is 0 Å². The summed E-state index contributed by atoms with van der Waals surface area (Å²) in [6.07, 6.45) is 2.80. The Bertz CT molecular complexity index is 394. The minimum atomic E-state index is 0.174. The highest BCUT2D eigenvalue weighted by Crippen LogP contribution is 2.26. The quantitative estimate of drug-likeness (QED) is 0.705. The van der Waals surface area contributed by atoms with Gasteiger partial charge in [-0.1, -0.05) is 13.0 Å². The molecule has 0 radical (unpaired) electrons. The predicted octanol–water partition coefficient (Wildman–Crippen LogP) is 2.31. The molecule has 4 heteroatoms. The Morgan fingerprint density at radius 1 is 1.30 bits per heavy atom. The highest BCUT2D eigenvalue weighted by molar-refractivity contribution is 5.41. The van der Waals surface area contributed by atoms with Crippen molar-refractivity contribution < 1.29 is 9.47 Å². The maximum atomic E-state index is 6.05. The Balaban J connectivity index is 2.68. The number of nitrogens with zero attached hydrogens (tertiary/aromatic N) is 1. The van der Waals surface area contributed by atoms with Gasteiger partial charge in [-0.15, -0.1) is 0 Å². The molecule has 0 saturated carbocycles. The molecule has 1 atom stereocenters. The molecule has 20 heavy (non-hydrogen) atoms. The van der Waals surface area contributed by atoms with Gasteiger partial charge in [0.2, 0.25) is 0 Å². The molecular weight excluding hydrogens is 252 g/mol. The van der Waals surface area contributed by atoms with Crippen molar-refractivity contribution in [3.63, 3.8) is 0 Å². The molecule has 0 bridgehead atoms. The van der Waals surface area contributed by atoms with E-state index in [1.165, 1.54) is 0 Å². The van der Waals surface area contributed by atoms with Crippen molar-refractivity contribution in [1.82, 2.24) is 4.90 Å². The average molecular weight is 280 g/mol. The molecule has 0 aliphatic heterocycles. The van der Waals surface area contributed by atoms with Crippen LogP contribution in [0.15, 0.2) is 18.2 Å². The van der Waals surface area contributed by atoms with Gasteiger partial charge in [0, 0.05) is 18.7 Å². The van der Waals surface area contributed by atoms with Crippen LogP contribution in [0.2, 0.25) is 0 Å². The van der Waals surface area contributed by atoms with Crippen molar-refractivity contribution in [2.24, 2.45) is 5.73 Å². The standard InChI is InChI=1S/C16H28N2O2/c1-5-14(17)11-13-7-8-15(19-4)12-16(13)20-10-6-9-18(2)3/h7-8,12,14H,5-6,9-11,17H2,1-4H3. The van der Waals surface area contributed by atoms with E-state index in [1.807, 2.05) is 12.1 Å². The van der Waals surface area contributed by atoms with E-state index in [2.05, 4.69) is 32.0 Å². The highest BCUT2D eigenvalue weighted by atomic mass is 16.5. The topological polar surface area (TPSA) is 47.7 Å². The lowest BCUT2D eigenvalue weighted by molar-refractivity contribution is 0.277. The first kappa shape index (κ1) is 16.8. The lowest BCUT2D eigenvalue weighted by Crippen LogP contribution is -2.22. The summed E-state index contributed by atoms with van der Waals surface area (Å²) in [4.78, 5) is 2.16. The summed E-state index contributed by atoms with van der Waals surface area (Å²) in [5.41, 5.74) is 7.20. The third-order valence-corrected chi connectivity index (χ3v) is 3.29. The van der Waals surface area contributed by atoms with E-state index < -0.39 is 0 Å². The van der Waals surface area contributed by atoms with Gasteiger partial charge in [0.1, 0.15) is 11.5 Å². The average Bonchev–Trinajstić information content (AvgIpc) is 2.44. The summed E-state index contributed by atoms with van der Waals surface area (Å²) in [6, 6.07) is 6.14. The lowest BCUT2D eigenvalue weighted by Gasteiger charge is -2.16. The van der Waals surface area contributed by atoms with Crippen molar-refractivity contribution in [2.75, 3.05) is 34.4 Å². The number of rotatable bonds is 9. The summed E-state index contributed by atoms with van der Waals surface area (Å²) in [5, 5.41) is 0. The molecule has 0 aliphatic rings. The van der Waals surface area contributed by atoms with Crippen LogP contribution in [0.3, 0.4) is 0 Å². The Hall–Kier alpha value is -1.26. The van der Waals surface area contributed by atoms with Crippen molar-refractivity contribution >= 4 is 0 Å². The van der Waals surface area contributed by atoms with E-state index in [-0.39, 0.29) is 6.04 Å². The fourth-order valence-electron chi connectivity index (χ4n) is 1.95. The van der Waals surface area contributed by atoms with E-state index in [1.54, 1.807) is 7.11 Å². The maximum Gasteiger partial charge on any atom is 0.126 e. The number of nitrogens with two attached hydrogens (primary N) is 1. The first-order chi connectivity index (χ1) is 9.56. The monoisotopic (exact) mass is 280 g/mol. The van der Waals surface area contributed by atoms with Crippen LogP contribution in [0, 0.1) is 0 Å². The molecule has 0 amide bonds. The van der Waals surface area contributed by atoms with Gasteiger partial charge in [0.15, 0.2) is 0 Å². The number of ether oxygens (including phenoxy) is 2. The Morgan fingerprint density at radius 3 is 2.65 bits per heavy atom. The highest BCUT2D eigenvalue weighted by Gasteiger charge is 2.09. The molecule has 0 fully saturated rings. The summed E-state index contributed by atoms with van der Waals surface area (Å²) in [7, 11) is 5.80. The molecule has 0 aromatic heterocycles. The predicted molar refractivity (Wildman–Crippen MR) is 83.6 cm³/mol. The molecule has 1 rings (SSSR count). The second-order valence-electron chi connectivity index (χ2n) is 5.35. The van der Waals surface area contributed by atoms with Gasteiger partial charge in [0.05, 0.1) is 13.7 Å². The molecule has 1 aromatic carbocycles. The molecule has 0 saturated heterocycles. The van der Waals surface area contributed by atoms with E-state index in [9.17, 15) is 0 Å². The normalized spacial score (nSPS) is 12.5. The van der Waals surface area contributed by atoms with Crippen LogP contribution in [-0.2, 0) is 6.42 Å². The van der Waals surface area contributed by atoms with Crippen molar-refractivity contribution in [2.45, 2.75) is 32.2 Å². The van der Waals surface area contributed by atoms with Gasteiger partial charge in [-0.05, 0) is 45.0 Å². The molecule has 114 valence electrons. The molecule has 1 aromatic rings. The van der Waals surface area contributed by atoms with Crippen molar-refractivity contribution in [3.8, 4) is 11.5 Å². The van der Waals surface area contributed by atoms with Gasteiger partial charge in [0.25, 0.3) is 0 Å². The Kier molecular flexibility index (Phi) is 7.41. The van der Waals surface area contributed by atoms with Crippen molar-refractivity contribution in [3.05, 3.63) is 23.8 Å². The van der Waals surface area contributed by atoms with Crippen LogP contribution in [-0.4, -0.2) is 45.3 Å². The summed E-state index contributed by atoms with van der Waals surface area (Å²) in [6.45, 7) is 3.83. The zero-order chi connectivity index (χ0) is 15.0. The summed E-state index contributed by atoms with van der Waals surface area (Å²) >= 11 is 0. The molecule has 0 spiro atoms. The molecular formula is C16H28N2O2. The van der Waals surface area contributed by atoms with Crippen LogP contribution in [0.4, 0.5) is 0 Å². The zero-order valence-electron chi connectivity index (χ0n) is 13.2. The van der Waals surface area contributed by atoms with Gasteiger partial charge >= 0.3 is 0 Å². The summed E-state index contributed by atoms with van der Waals surface area (Å²) < 4.78 is 11.2. The molecule has 4 nitrogen and oxygen atoms in total. The van der Waals surface area contributed by atoms with E-state index >= 15 is 0 Å². The van der Waals surface area contributed by atoms with Gasteiger partial charge in [-0.2, -0.15) is 0 Å². The third kappa shape index (κ3) is 5.80. The first-order valence-corrected chi connectivity index (χ1v) is 7.26. The van der Waals surface area contributed by atoms with Crippen LogP contribution >= 0.6 is 0 Å². The minimum absolute atomic E-state index is 0.174. The molecule has 0 heterocycles. The largest absolute Gasteiger partial charge is 0.497 e.